The molecule has 0 bridgehead atoms. The molecule has 0 radical (unpaired) electrons. The molecule has 4 aromatic rings. The fourth-order valence-corrected chi connectivity index (χ4v) is 2.81. The molecule has 0 fully saturated rings. The van der Waals surface area contributed by atoms with Crippen molar-refractivity contribution in [2.75, 3.05) is 19.0 Å². The topological polar surface area (TPSA) is 105 Å². The molecule has 9 heteroatoms. The molecule has 4 rings (SSSR count). The predicted octanol–water partition coefficient (Wildman–Crippen LogP) is 4.01. The zero-order chi connectivity index (χ0) is 22.1. The molecule has 0 saturated heterocycles. The number of H-pyrrole nitrogens is 1. The van der Waals surface area contributed by atoms with Gasteiger partial charge in [0.1, 0.15) is 0 Å². The van der Waals surface area contributed by atoms with Crippen molar-refractivity contribution in [2.24, 2.45) is 0 Å². The Morgan fingerprint density at radius 1 is 1.30 bits per heavy atom. The number of anilines is 1. The monoisotopic (exact) mass is 415 g/mol. The normalized spacial score (nSPS) is 10.1. The van der Waals surface area contributed by atoms with Crippen molar-refractivity contribution in [3.05, 3.63) is 42.5 Å². The molecule has 3 aromatic heterocycles. The molecule has 1 aromatic carbocycles. The number of methoxy groups -OCH3 is 1. The lowest BCUT2D eigenvalue weighted by atomic mass is 10.0. The van der Waals surface area contributed by atoms with E-state index in [1.165, 1.54) is 19.6 Å². The highest BCUT2D eigenvalue weighted by molar-refractivity contribution is 5.98. The highest BCUT2D eigenvalue weighted by Gasteiger charge is 2.18. The van der Waals surface area contributed by atoms with Gasteiger partial charge >= 0.3 is 0 Å². The van der Waals surface area contributed by atoms with Crippen molar-refractivity contribution in [2.45, 2.75) is 27.2 Å². The summed E-state index contributed by atoms with van der Waals surface area (Å²) in [5.74, 6) is 0.113. The highest BCUT2D eigenvalue weighted by atomic mass is 19.1. The summed E-state index contributed by atoms with van der Waals surface area (Å²) < 4.78 is 21.2. The van der Waals surface area contributed by atoms with Gasteiger partial charge in [0, 0.05) is 35.9 Å². The first-order valence-electron chi connectivity index (χ1n) is 9.54. The van der Waals surface area contributed by atoms with Crippen LogP contribution in [0.15, 0.2) is 36.7 Å². The third kappa shape index (κ3) is 4.93. The second kappa shape index (κ2) is 10.9. The van der Waals surface area contributed by atoms with Gasteiger partial charge < -0.3 is 15.2 Å². The van der Waals surface area contributed by atoms with E-state index in [1.807, 2.05) is 6.07 Å². The molecular weight excluding hydrogens is 389 g/mol. The van der Waals surface area contributed by atoms with Crippen LogP contribution < -0.4 is 10.1 Å². The average Bonchev–Trinajstić information content (AvgIpc) is 3.33. The Hall–Kier alpha value is -3.46. The Morgan fingerprint density at radius 2 is 2.00 bits per heavy atom. The van der Waals surface area contributed by atoms with Crippen LogP contribution in [0.1, 0.15) is 27.2 Å². The van der Waals surface area contributed by atoms with Crippen molar-refractivity contribution in [1.29, 1.82) is 0 Å². The molecule has 0 atom stereocenters. The number of rotatable bonds is 4. The number of carbonyl (C=O) groups is 1. The van der Waals surface area contributed by atoms with E-state index < -0.39 is 5.82 Å². The summed E-state index contributed by atoms with van der Waals surface area (Å²) in [6.45, 7) is 6.18. The maximum Gasteiger partial charge on any atom is 0.212 e. The van der Waals surface area contributed by atoms with E-state index in [1.54, 1.807) is 36.0 Å². The zero-order valence-corrected chi connectivity index (χ0v) is 17.4. The van der Waals surface area contributed by atoms with Crippen LogP contribution in [0.2, 0.25) is 0 Å². The summed E-state index contributed by atoms with van der Waals surface area (Å²) >= 11 is 0. The molecule has 0 spiro atoms. The van der Waals surface area contributed by atoms with Crippen LogP contribution in [-0.4, -0.2) is 45.0 Å². The van der Waals surface area contributed by atoms with Crippen molar-refractivity contribution < 1.29 is 19.0 Å². The fourth-order valence-electron chi connectivity index (χ4n) is 2.81. The summed E-state index contributed by atoms with van der Waals surface area (Å²) in [7, 11) is 1.43. The van der Waals surface area contributed by atoms with Gasteiger partial charge in [0.05, 0.1) is 24.3 Å². The fraction of sp³-hybridized carbons (Fsp3) is 0.286. The van der Waals surface area contributed by atoms with Gasteiger partial charge in [-0.25, -0.2) is 8.91 Å². The van der Waals surface area contributed by atoms with Gasteiger partial charge in [0.25, 0.3) is 0 Å². The van der Waals surface area contributed by atoms with Crippen LogP contribution in [0.4, 0.5) is 10.2 Å². The molecule has 30 heavy (non-hydrogen) atoms. The second-order valence-electron chi connectivity index (χ2n) is 6.20. The Morgan fingerprint density at radius 3 is 2.63 bits per heavy atom. The molecule has 0 aliphatic heterocycles. The minimum absolute atomic E-state index is 0.152. The predicted molar refractivity (Wildman–Crippen MR) is 115 cm³/mol. The number of aliphatic hydroxyl groups excluding tert-OH is 1. The number of aromatic amines is 1. The van der Waals surface area contributed by atoms with Gasteiger partial charge in [-0.15, -0.1) is 0 Å². The van der Waals surface area contributed by atoms with Crippen LogP contribution in [0.25, 0.3) is 27.5 Å². The first-order valence-corrected chi connectivity index (χ1v) is 9.54. The maximum absolute atomic E-state index is 14.3. The SMILES string of the molecule is CCC.CCO.COc1c(F)cc2[nH]ncc2c1-c1ccn2nc(NC=O)cc2c1. The zero-order valence-electron chi connectivity index (χ0n) is 17.4. The quantitative estimate of drug-likeness (QED) is 0.437. The van der Waals surface area contributed by atoms with Crippen LogP contribution >= 0.6 is 0 Å². The summed E-state index contributed by atoms with van der Waals surface area (Å²) in [6.07, 6.45) is 5.18. The molecule has 1 amide bonds. The number of fused-ring (bicyclic) bond motifs is 2. The van der Waals surface area contributed by atoms with Crippen LogP contribution in [0.5, 0.6) is 5.75 Å². The third-order valence-electron chi connectivity index (χ3n) is 3.82. The summed E-state index contributed by atoms with van der Waals surface area (Å²) in [5.41, 5.74) is 2.69. The maximum atomic E-state index is 14.3. The van der Waals surface area contributed by atoms with Gasteiger partial charge in [-0.3, -0.25) is 9.89 Å². The Balaban J connectivity index is 0.000000480. The molecule has 0 saturated carbocycles. The van der Waals surface area contributed by atoms with Crippen molar-refractivity contribution >= 4 is 28.6 Å². The number of aromatic nitrogens is 4. The number of hydrogen-bond donors (Lipinski definition) is 3. The average molecular weight is 415 g/mol. The van der Waals surface area contributed by atoms with Crippen molar-refractivity contribution in [1.82, 2.24) is 19.8 Å². The molecule has 0 aliphatic rings. The number of carbonyl (C=O) groups excluding carboxylic acids is 1. The molecule has 3 heterocycles. The van der Waals surface area contributed by atoms with Crippen LogP contribution in [0.3, 0.4) is 0 Å². The molecule has 0 aliphatic carbocycles. The third-order valence-corrected chi connectivity index (χ3v) is 3.82. The summed E-state index contributed by atoms with van der Waals surface area (Å²) in [4.78, 5) is 10.5. The number of pyridine rings is 1. The Labute approximate surface area is 173 Å². The minimum Gasteiger partial charge on any atom is -0.493 e. The second-order valence-corrected chi connectivity index (χ2v) is 6.20. The van der Waals surface area contributed by atoms with Gasteiger partial charge in [-0.1, -0.05) is 20.3 Å². The summed E-state index contributed by atoms with van der Waals surface area (Å²) in [5, 5.41) is 21.8. The van der Waals surface area contributed by atoms with E-state index >= 15 is 0 Å². The molecular formula is C21H26FN5O3. The smallest absolute Gasteiger partial charge is 0.212 e. The van der Waals surface area contributed by atoms with E-state index in [0.29, 0.717) is 23.3 Å². The number of ether oxygens (including phenoxy) is 1. The highest BCUT2D eigenvalue weighted by Crippen LogP contribution is 2.38. The largest absolute Gasteiger partial charge is 0.493 e. The number of amides is 1. The standard InChI is InChI=1S/C16H12FN5O2.C3H8.C2H6O/c1-24-16-12(17)6-13-11(7-19-20-13)15(16)9-2-3-22-10(4-9)5-14(21-22)18-8-23;1-3-2;1-2-3/h2-8H,1H3,(H,19,20)(H,18,21,23);3H2,1-2H3;3H,2H2,1H3. The van der Waals surface area contributed by atoms with E-state index in [4.69, 9.17) is 9.84 Å². The molecule has 0 unspecified atom stereocenters. The van der Waals surface area contributed by atoms with Gasteiger partial charge in [0.2, 0.25) is 6.41 Å². The van der Waals surface area contributed by atoms with Gasteiger partial charge in [-0.2, -0.15) is 10.2 Å². The van der Waals surface area contributed by atoms with Crippen LogP contribution in [-0.2, 0) is 4.79 Å². The lowest BCUT2D eigenvalue weighted by Crippen LogP contribution is -1.95. The number of halogens is 1. The molecule has 8 nitrogen and oxygen atoms in total. The Bertz CT molecular complexity index is 1100. The molecule has 160 valence electrons. The van der Waals surface area contributed by atoms with Crippen LogP contribution in [0, 0.1) is 5.82 Å². The van der Waals surface area contributed by atoms with E-state index in [-0.39, 0.29) is 12.4 Å². The van der Waals surface area contributed by atoms with Gasteiger partial charge in [0.15, 0.2) is 17.4 Å². The number of benzene rings is 1. The van der Waals surface area contributed by atoms with Crippen molar-refractivity contribution in [3.8, 4) is 16.9 Å². The lowest BCUT2D eigenvalue weighted by molar-refractivity contribution is -0.105. The van der Waals surface area contributed by atoms with E-state index in [2.05, 4.69) is 34.5 Å². The minimum atomic E-state index is -0.471. The molecule has 3 N–H and O–H groups in total. The first-order chi connectivity index (χ1) is 14.5. The number of hydrogen-bond acceptors (Lipinski definition) is 5. The van der Waals surface area contributed by atoms with Gasteiger partial charge in [-0.05, 0) is 24.6 Å². The summed E-state index contributed by atoms with van der Waals surface area (Å²) in [6, 6.07) is 6.71. The number of nitrogens with one attached hydrogen (secondary N) is 2. The van der Waals surface area contributed by atoms with E-state index in [0.717, 1.165) is 16.5 Å². The first kappa shape index (κ1) is 22.8. The number of aliphatic hydroxyl groups is 1. The number of nitrogens with zero attached hydrogens (tertiary/aromatic N) is 3. The Kier molecular flexibility index (Phi) is 8.30. The van der Waals surface area contributed by atoms with E-state index in [9.17, 15) is 9.18 Å². The lowest BCUT2D eigenvalue weighted by Gasteiger charge is -2.11. The van der Waals surface area contributed by atoms with Crippen molar-refractivity contribution in [3.63, 3.8) is 0 Å².